The highest BCUT2D eigenvalue weighted by Gasteiger charge is 2.21. The third kappa shape index (κ3) is 6.57. The maximum Gasteiger partial charge on any atom is 0.279 e. The zero-order chi connectivity index (χ0) is 11.9. The minimum Gasteiger partial charge on any atom is -0.320 e. The van der Waals surface area contributed by atoms with E-state index in [1.807, 2.05) is 7.05 Å². The monoisotopic (exact) mass is 285 g/mol. The van der Waals surface area contributed by atoms with E-state index < -0.39 is 10.2 Å². The molecule has 0 bridgehead atoms. The average Bonchev–Trinajstić information content (AvgIpc) is 2.53. The summed E-state index contributed by atoms with van der Waals surface area (Å²) in [5, 5.41) is 3.00. The molecule has 1 rings (SSSR count). The number of rotatable bonds is 6. The first-order chi connectivity index (χ1) is 7.67. The van der Waals surface area contributed by atoms with E-state index in [9.17, 15) is 8.42 Å². The molecular formula is C10H24ClN3O2S. The van der Waals surface area contributed by atoms with Gasteiger partial charge in [0.05, 0.1) is 0 Å². The molecule has 0 unspecified atom stereocenters. The Kier molecular flexibility index (Phi) is 9.17. The molecule has 1 saturated heterocycles. The molecule has 7 heteroatoms. The van der Waals surface area contributed by atoms with Crippen LogP contribution in [0.1, 0.15) is 32.1 Å². The summed E-state index contributed by atoms with van der Waals surface area (Å²) >= 11 is 0. The lowest BCUT2D eigenvalue weighted by Crippen LogP contribution is -2.41. The first-order valence-electron chi connectivity index (χ1n) is 6.06. The Hall–Kier alpha value is 0.120. The molecule has 0 aromatic rings. The Morgan fingerprint density at radius 1 is 1.06 bits per heavy atom. The molecule has 0 aromatic carbocycles. The Bertz CT molecular complexity index is 277. The Morgan fingerprint density at radius 3 is 2.18 bits per heavy atom. The summed E-state index contributed by atoms with van der Waals surface area (Å²) in [6.07, 6.45) is 5.08. The molecule has 0 radical (unpaired) electrons. The lowest BCUT2D eigenvalue weighted by atomic mass is 10.2. The molecule has 17 heavy (non-hydrogen) atoms. The van der Waals surface area contributed by atoms with E-state index in [-0.39, 0.29) is 12.4 Å². The van der Waals surface area contributed by atoms with E-state index in [0.717, 1.165) is 38.6 Å². The van der Waals surface area contributed by atoms with Gasteiger partial charge in [-0.2, -0.15) is 12.7 Å². The van der Waals surface area contributed by atoms with Gasteiger partial charge >= 0.3 is 0 Å². The van der Waals surface area contributed by atoms with Gasteiger partial charge in [-0.1, -0.05) is 12.8 Å². The molecule has 1 aliphatic heterocycles. The van der Waals surface area contributed by atoms with Crippen molar-refractivity contribution in [1.29, 1.82) is 0 Å². The molecule has 0 aliphatic carbocycles. The van der Waals surface area contributed by atoms with Crippen molar-refractivity contribution < 1.29 is 8.42 Å². The minimum atomic E-state index is -3.23. The van der Waals surface area contributed by atoms with E-state index in [1.54, 1.807) is 4.31 Å². The van der Waals surface area contributed by atoms with Gasteiger partial charge in [0.1, 0.15) is 0 Å². The van der Waals surface area contributed by atoms with Gasteiger partial charge in [0.25, 0.3) is 10.2 Å². The molecule has 0 saturated carbocycles. The summed E-state index contributed by atoms with van der Waals surface area (Å²) < 4.78 is 28.0. The number of nitrogens with zero attached hydrogens (tertiary/aromatic N) is 1. The third-order valence-corrected chi connectivity index (χ3v) is 4.41. The van der Waals surface area contributed by atoms with Crippen molar-refractivity contribution in [1.82, 2.24) is 14.3 Å². The molecule has 2 N–H and O–H groups in total. The first-order valence-corrected chi connectivity index (χ1v) is 7.50. The molecule has 0 aromatic heterocycles. The predicted molar refractivity (Wildman–Crippen MR) is 72.8 cm³/mol. The van der Waals surface area contributed by atoms with Crippen LogP contribution in [0.3, 0.4) is 0 Å². The molecule has 0 atom stereocenters. The van der Waals surface area contributed by atoms with Gasteiger partial charge in [-0.15, -0.1) is 12.4 Å². The Labute approximate surface area is 111 Å². The van der Waals surface area contributed by atoms with Gasteiger partial charge in [0.2, 0.25) is 0 Å². The van der Waals surface area contributed by atoms with Crippen LogP contribution in [0.25, 0.3) is 0 Å². The molecule has 104 valence electrons. The lowest BCUT2D eigenvalue weighted by molar-refractivity contribution is 0.414. The quantitative estimate of drug-likeness (QED) is 0.707. The van der Waals surface area contributed by atoms with Crippen LogP contribution in [-0.4, -0.2) is 45.9 Å². The van der Waals surface area contributed by atoms with Crippen molar-refractivity contribution in [3.8, 4) is 0 Å². The van der Waals surface area contributed by atoms with Crippen LogP contribution in [-0.2, 0) is 10.2 Å². The highest BCUT2D eigenvalue weighted by Crippen LogP contribution is 2.12. The SMILES string of the molecule is CNCCCNS(=O)(=O)N1CCCCCC1.Cl. The second kappa shape index (κ2) is 9.10. The van der Waals surface area contributed by atoms with Crippen LogP contribution in [0, 0.1) is 0 Å². The van der Waals surface area contributed by atoms with E-state index in [2.05, 4.69) is 10.0 Å². The topological polar surface area (TPSA) is 61.4 Å². The van der Waals surface area contributed by atoms with Crippen LogP contribution in [0.4, 0.5) is 0 Å². The summed E-state index contributed by atoms with van der Waals surface area (Å²) in [5.41, 5.74) is 0. The number of hydrogen-bond donors (Lipinski definition) is 2. The van der Waals surface area contributed by atoms with Crippen molar-refractivity contribution in [2.75, 3.05) is 33.2 Å². The summed E-state index contributed by atoms with van der Waals surface area (Å²) in [4.78, 5) is 0. The van der Waals surface area contributed by atoms with Gasteiger partial charge in [0, 0.05) is 19.6 Å². The normalized spacial score (nSPS) is 18.4. The highest BCUT2D eigenvalue weighted by atomic mass is 35.5. The fourth-order valence-electron chi connectivity index (χ4n) is 1.84. The molecule has 5 nitrogen and oxygen atoms in total. The number of nitrogens with one attached hydrogen (secondary N) is 2. The van der Waals surface area contributed by atoms with E-state index in [0.29, 0.717) is 19.6 Å². The van der Waals surface area contributed by atoms with Crippen LogP contribution in [0.15, 0.2) is 0 Å². The van der Waals surface area contributed by atoms with Crippen molar-refractivity contribution in [3.63, 3.8) is 0 Å². The maximum atomic E-state index is 11.9. The molecular weight excluding hydrogens is 262 g/mol. The van der Waals surface area contributed by atoms with Crippen molar-refractivity contribution >= 4 is 22.6 Å². The summed E-state index contributed by atoms with van der Waals surface area (Å²) in [7, 11) is -1.37. The summed E-state index contributed by atoms with van der Waals surface area (Å²) in [6, 6.07) is 0. The van der Waals surface area contributed by atoms with Crippen molar-refractivity contribution in [3.05, 3.63) is 0 Å². The summed E-state index contributed by atoms with van der Waals surface area (Å²) in [6.45, 7) is 2.69. The molecule has 1 aliphatic rings. The standard InChI is InChI=1S/C10H23N3O2S.ClH/c1-11-7-6-8-12-16(14,15)13-9-4-2-3-5-10-13;/h11-12H,2-10H2,1H3;1H. The van der Waals surface area contributed by atoms with E-state index in [1.165, 1.54) is 0 Å². The fraction of sp³-hybridized carbons (Fsp3) is 1.00. The van der Waals surface area contributed by atoms with Crippen LogP contribution < -0.4 is 10.0 Å². The van der Waals surface area contributed by atoms with Gasteiger partial charge in [0.15, 0.2) is 0 Å². The minimum absolute atomic E-state index is 0. The van der Waals surface area contributed by atoms with Gasteiger partial charge in [-0.05, 0) is 32.9 Å². The van der Waals surface area contributed by atoms with E-state index >= 15 is 0 Å². The molecule has 1 fully saturated rings. The van der Waals surface area contributed by atoms with Gasteiger partial charge in [-0.25, -0.2) is 4.72 Å². The van der Waals surface area contributed by atoms with Crippen molar-refractivity contribution in [2.24, 2.45) is 0 Å². The second-order valence-corrected chi connectivity index (χ2v) is 5.92. The van der Waals surface area contributed by atoms with E-state index in [4.69, 9.17) is 0 Å². The maximum absolute atomic E-state index is 11.9. The fourth-order valence-corrected chi connectivity index (χ4v) is 3.16. The summed E-state index contributed by atoms with van der Waals surface area (Å²) in [5.74, 6) is 0. The molecule has 1 heterocycles. The van der Waals surface area contributed by atoms with Gasteiger partial charge < -0.3 is 5.32 Å². The highest BCUT2D eigenvalue weighted by molar-refractivity contribution is 7.87. The Morgan fingerprint density at radius 2 is 1.65 bits per heavy atom. The van der Waals surface area contributed by atoms with Crippen molar-refractivity contribution in [2.45, 2.75) is 32.1 Å². The number of halogens is 1. The largest absolute Gasteiger partial charge is 0.320 e. The first kappa shape index (κ1) is 17.1. The van der Waals surface area contributed by atoms with Gasteiger partial charge in [-0.3, -0.25) is 0 Å². The smallest absolute Gasteiger partial charge is 0.279 e. The van der Waals surface area contributed by atoms with Crippen LogP contribution in [0.2, 0.25) is 0 Å². The van der Waals surface area contributed by atoms with Crippen LogP contribution in [0.5, 0.6) is 0 Å². The molecule has 0 spiro atoms. The zero-order valence-electron chi connectivity index (χ0n) is 10.4. The molecule has 0 amide bonds. The number of hydrogen-bond acceptors (Lipinski definition) is 3. The average molecular weight is 286 g/mol. The lowest BCUT2D eigenvalue weighted by Gasteiger charge is -2.20. The second-order valence-electron chi connectivity index (χ2n) is 4.17. The predicted octanol–water partition coefficient (Wildman–Crippen LogP) is 0.728. The Balaban J connectivity index is 0.00000256. The third-order valence-electron chi connectivity index (χ3n) is 2.79. The van der Waals surface area contributed by atoms with Crippen LogP contribution >= 0.6 is 12.4 Å². The zero-order valence-corrected chi connectivity index (χ0v) is 12.1.